The molecular weight excluding hydrogens is 300 g/mol. The van der Waals surface area contributed by atoms with Gasteiger partial charge in [0.05, 0.1) is 18.1 Å². The lowest BCUT2D eigenvalue weighted by Crippen LogP contribution is -2.27. The summed E-state index contributed by atoms with van der Waals surface area (Å²) in [5, 5.41) is -0.731. The quantitative estimate of drug-likeness (QED) is 0.703. The monoisotopic (exact) mass is 318 g/mol. The van der Waals surface area contributed by atoms with E-state index in [1.54, 1.807) is 31.2 Å². The standard InChI is InChI=1S/C13H18O5S2/c1-10(19(15)8-9-20(3,16)17)13(14)11-4-6-12(18-2)7-5-11/h4-7,10H,8-9H2,1-3H3. The van der Waals surface area contributed by atoms with Gasteiger partial charge in [0, 0.05) is 28.4 Å². The molecule has 0 aromatic heterocycles. The highest BCUT2D eigenvalue weighted by molar-refractivity contribution is 7.92. The molecule has 0 spiro atoms. The van der Waals surface area contributed by atoms with Crippen LogP contribution < -0.4 is 4.74 Å². The van der Waals surface area contributed by atoms with Crippen molar-refractivity contribution < 1.29 is 22.2 Å². The molecule has 0 heterocycles. The van der Waals surface area contributed by atoms with E-state index in [2.05, 4.69) is 0 Å². The number of ether oxygens (including phenoxy) is 1. The Balaban J connectivity index is 2.72. The van der Waals surface area contributed by atoms with Crippen molar-refractivity contribution >= 4 is 26.4 Å². The Labute approximate surface area is 121 Å². The molecular formula is C13H18O5S2. The fourth-order valence-corrected chi connectivity index (χ4v) is 4.12. The molecule has 0 saturated heterocycles. The van der Waals surface area contributed by atoms with Crippen LogP contribution in [-0.2, 0) is 20.6 Å². The first-order valence-electron chi connectivity index (χ1n) is 5.98. The van der Waals surface area contributed by atoms with E-state index in [4.69, 9.17) is 4.74 Å². The third kappa shape index (κ3) is 5.05. The number of methoxy groups -OCH3 is 1. The zero-order valence-electron chi connectivity index (χ0n) is 11.7. The summed E-state index contributed by atoms with van der Waals surface area (Å²) in [6, 6.07) is 6.51. The van der Waals surface area contributed by atoms with Crippen molar-refractivity contribution in [1.29, 1.82) is 0 Å². The van der Waals surface area contributed by atoms with Gasteiger partial charge in [0.15, 0.2) is 5.78 Å². The van der Waals surface area contributed by atoms with E-state index in [1.807, 2.05) is 0 Å². The summed E-state index contributed by atoms with van der Waals surface area (Å²) in [6.45, 7) is 1.55. The average molecular weight is 318 g/mol. The van der Waals surface area contributed by atoms with E-state index < -0.39 is 25.9 Å². The topological polar surface area (TPSA) is 77.5 Å². The highest BCUT2D eigenvalue weighted by Crippen LogP contribution is 2.14. The molecule has 0 amide bonds. The Morgan fingerprint density at radius 3 is 2.30 bits per heavy atom. The van der Waals surface area contributed by atoms with Crippen LogP contribution in [0.2, 0.25) is 0 Å². The molecule has 20 heavy (non-hydrogen) atoms. The first kappa shape index (κ1) is 16.8. The molecule has 112 valence electrons. The van der Waals surface area contributed by atoms with Gasteiger partial charge in [0.1, 0.15) is 15.6 Å². The van der Waals surface area contributed by atoms with Gasteiger partial charge in [-0.05, 0) is 31.2 Å². The number of ketones is 1. The molecule has 2 atom stereocenters. The van der Waals surface area contributed by atoms with Gasteiger partial charge in [0.25, 0.3) is 0 Å². The van der Waals surface area contributed by atoms with Crippen molar-refractivity contribution in [3.8, 4) is 5.75 Å². The molecule has 0 saturated carbocycles. The van der Waals surface area contributed by atoms with Crippen molar-refractivity contribution in [2.75, 3.05) is 24.9 Å². The molecule has 7 heteroatoms. The summed E-state index contributed by atoms with van der Waals surface area (Å²) in [5.74, 6) is 0.161. The Kier molecular flexibility index (Phi) is 5.88. The third-order valence-corrected chi connectivity index (χ3v) is 5.61. The molecule has 0 N–H and O–H groups in total. The smallest absolute Gasteiger partial charge is 0.178 e. The van der Waals surface area contributed by atoms with Gasteiger partial charge in [-0.1, -0.05) is 0 Å². The Bertz CT molecular complexity index is 590. The molecule has 2 unspecified atom stereocenters. The van der Waals surface area contributed by atoms with E-state index in [0.717, 1.165) is 6.26 Å². The molecule has 0 radical (unpaired) electrons. The van der Waals surface area contributed by atoms with Gasteiger partial charge in [0.2, 0.25) is 0 Å². The van der Waals surface area contributed by atoms with Gasteiger partial charge in [-0.25, -0.2) is 8.42 Å². The second-order valence-corrected chi connectivity index (χ2v) is 8.59. The molecule has 1 rings (SSSR count). The molecule has 5 nitrogen and oxygen atoms in total. The van der Waals surface area contributed by atoms with Crippen LogP contribution in [0.15, 0.2) is 24.3 Å². The summed E-state index contributed by atoms with van der Waals surface area (Å²) in [5.41, 5.74) is 0.436. The van der Waals surface area contributed by atoms with Crippen LogP contribution in [0.4, 0.5) is 0 Å². The van der Waals surface area contributed by atoms with Crippen LogP contribution in [0.3, 0.4) is 0 Å². The van der Waals surface area contributed by atoms with Crippen molar-refractivity contribution in [3.63, 3.8) is 0 Å². The Hall–Kier alpha value is -1.21. The molecule has 0 aliphatic heterocycles. The predicted octanol–water partition coefficient (Wildman–Crippen LogP) is 1.06. The van der Waals surface area contributed by atoms with Crippen LogP contribution in [-0.4, -0.2) is 48.5 Å². The second-order valence-electron chi connectivity index (χ2n) is 4.45. The maximum absolute atomic E-state index is 12.1. The maximum atomic E-state index is 12.1. The number of Topliss-reactive ketones (excluding diaryl/α,β-unsaturated/α-hetero) is 1. The van der Waals surface area contributed by atoms with Crippen LogP contribution in [0, 0.1) is 0 Å². The van der Waals surface area contributed by atoms with E-state index in [0.29, 0.717) is 11.3 Å². The molecule has 0 fully saturated rings. The average Bonchev–Trinajstić information content (AvgIpc) is 2.42. The normalized spacial score (nSPS) is 14.6. The molecule has 1 aromatic rings. The first-order chi connectivity index (χ1) is 9.24. The third-order valence-electron chi connectivity index (χ3n) is 2.79. The van der Waals surface area contributed by atoms with E-state index >= 15 is 0 Å². The fraction of sp³-hybridized carbons (Fsp3) is 0.462. The minimum atomic E-state index is -3.17. The van der Waals surface area contributed by atoms with Gasteiger partial charge in [-0.2, -0.15) is 0 Å². The van der Waals surface area contributed by atoms with Crippen LogP contribution in [0.25, 0.3) is 0 Å². The lowest BCUT2D eigenvalue weighted by molar-refractivity contribution is 0.0992. The van der Waals surface area contributed by atoms with E-state index in [1.165, 1.54) is 7.11 Å². The van der Waals surface area contributed by atoms with Crippen molar-refractivity contribution in [2.24, 2.45) is 0 Å². The lowest BCUT2D eigenvalue weighted by Gasteiger charge is -2.10. The summed E-state index contributed by atoms with van der Waals surface area (Å²) in [7, 11) is -3.15. The summed E-state index contributed by atoms with van der Waals surface area (Å²) < 4.78 is 39.0. The predicted molar refractivity (Wildman–Crippen MR) is 79.5 cm³/mol. The molecule has 0 aliphatic carbocycles. The van der Waals surface area contributed by atoms with Gasteiger partial charge < -0.3 is 4.74 Å². The number of benzene rings is 1. The van der Waals surface area contributed by atoms with Crippen LogP contribution >= 0.6 is 0 Å². The van der Waals surface area contributed by atoms with Gasteiger partial charge in [-0.15, -0.1) is 0 Å². The van der Waals surface area contributed by atoms with Gasteiger partial charge >= 0.3 is 0 Å². The Morgan fingerprint density at radius 1 is 1.30 bits per heavy atom. The number of carbonyl (C=O) groups is 1. The molecule has 0 bridgehead atoms. The number of rotatable bonds is 7. The largest absolute Gasteiger partial charge is 0.497 e. The number of hydrogen-bond donors (Lipinski definition) is 0. The van der Waals surface area contributed by atoms with Crippen molar-refractivity contribution in [2.45, 2.75) is 12.2 Å². The SMILES string of the molecule is COc1ccc(C(=O)C(C)S(=O)CCS(C)(=O)=O)cc1. The van der Waals surface area contributed by atoms with Crippen molar-refractivity contribution in [3.05, 3.63) is 29.8 Å². The number of hydrogen-bond acceptors (Lipinski definition) is 5. The van der Waals surface area contributed by atoms with Crippen molar-refractivity contribution in [1.82, 2.24) is 0 Å². The summed E-state index contributed by atoms with van der Waals surface area (Å²) in [6.07, 6.45) is 1.08. The zero-order valence-corrected chi connectivity index (χ0v) is 13.3. The van der Waals surface area contributed by atoms with Crippen LogP contribution in [0.5, 0.6) is 5.75 Å². The summed E-state index contributed by atoms with van der Waals surface area (Å²) >= 11 is 0. The molecule has 1 aromatic carbocycles. The van der Waals surface area contributed by atoms with E-state index in [-0.39, 0.29) is 17.3 Å². The van der Waals surface area contributed by atoms with Gasteiger partial charge in [-0.3, -0.25) is 9.00 Å². The first-order valence-corrected chi connectivity index (χ1v) is 9.42. The second kappa shape index (κ2) is 6.99. The fourth-order valence-electron chi connectivity index (χ4n) is 1.52. The highest BCUT2D eigenvalue weighted by Gasteiger charge is 2.22. The van der Waals surface area contributed by atoms with Crippen LogP contribution in [0.1, 0.15) is 17.3 Å². The minimum absolute atomic E-state index is 0.0259. The maximum Gasteiger partial charge on any atom is 0.178 e. The lowest BCUT2D eigenvalue weighted by atomic mass is 10.1. The zero-order chi connectivity index (χ0) is 15.3. The Morgan fingerprint density at radius 2 is 1.85 bits per heavy atom. The number of sulfone groups is 1. The highest BCUT2D eigenvalue weighted by atomic mass is 32.2. The minimum Gasteiger partial charge on any atom is -0.497 e. The number of carbonyl (C=O) groups excluding carboxylic acids is 1. The van der Waals surface area contributed by atoms with E-state index in [9.17, 15) is 17.4 Å². The molecule has 0 aliphatic rings. The summed E-state index contributed by atoms with van der Waals surface area (Å²) in [4.78, 5) is 12.1.